The van der Waals surface area contributed by atoms with Crippen LogP contribution in [0.25, 0.3) is 0 Å². The first-order valence-corrected chi connectivity index (χ1v) is 7.43. The second kappa shape index (κ2) is 8.37. The zero-order chi connectivity index (χ0) is 15.1. The number of likely N-dealkylation sites (tertiary alicyclic amines) is 1. The number of carbonyl (C=O) groups is 2. The molecule has 0 aliphatic carbocycles. The quantitative estimate of drug-likeness (QED) is 0.478. The van der Waals surface area contributed by atoms with Gasteiger partial charge in [-0.05, 0) is 11.8 Å². The van der Waals surface area contributed by atoms with E-state index in [1.807, 2.05) is 13.8 Å². The fourth-order valence-corrected chi connectivity index (χ4v) is 2.16. The molecule has 1 rings (SSSR count). The van der Waals surface area contributed by atoms with Crippen LogP contribution in [-0.2, 0) is 19.1 Å². The molecule has 0 spiro atoms. The van der Waals surface area contributed by atoms with E-state index < -0.39 is 0 Å². The van der Waals surface area contributed by atoms with Gasteiger partial charge in [0.2, 0.25) is 11.8 Å². The van der Waals surface area contributed by atoms with Crippen LogP contribution >= 0.6 is 0 Å². The van der Waals surface area contributed by atoms with Gasteiger partial charge in [0.15, 0.2) is 0 Å². The van der Waals surface area contributed by atoms with Gasteiger partial charge in [0.05, 0.1) is 26.4 Å². The first-order chi connectivity index (χ1) is 9.43. The third-order valence-electron chi connectivity index (χ3n) is 3.37. The Morgan fingerprint density at radius 1 is 1.10 bits per heavy atom. The maximum atomic E-state index is 12.0. The molecule has 0 bridgehead atoms. The summed E-state index contributed by atoms with van der Waals surface area (Å²) < 4.78 is 10.8. The van der Waals surface area contributed by atoms with Crippen molar-refractivity contribution < 1.29 is 19.1 Å². The molecule has 1 aliphatic rings. The van der Waals surface area contributed by atoms with Gasteiger partial charge >= 0.3 is 0 Å². The van der Waals surface area contributed by atoms with Crippen molar-refractivity contribution in [2.45, 2.75) is 34.1 Å². The van der Waals surface area contributed by atoms with Gasteiger partial charge in [0, 0.05) is 18.9 Å². The van der Waals surface area contributed by atoms with Crippen LogP contribution in [0.2, 0.25) is 0 Å². The lowest BCUT2D eigenvalue weighted by Crippen LogP contribution is -2.34. The molecule has 5 nitrogen and oxygen atoms in total. The van der Waals surface area contributed by atoms with Crippen molar-refractivity contribution in [1.29, 1.82) is 0 Å². The predicted octanol–water partition coefficient (Wildman–Crippen LogP) is 1.71. The van der Waals surface area contributed by atoms with Crippen molar-refractivity contribution in [1.82, 2.24) is 4.90 Å². The third kappa shape index (κ3) is 5.21. The lowest BCUT2D eigenvalue weighted by Gasteiger charge is -2.16. The minimum atomic E-state index is -0.156. The van der Waals surface area contributed by atoms with Crippen LogP contribution in [0.15, 0.2) is 0 Å². The molecule has 0 aromatic rings. The van der Waals surface area contributed by atoms with Gasteiger partial charge in [0.1, 0.15) is 0 Å². The molecule has 2 amide bonds. The average molecular weight is 285 g/mol. The summed E-state index contributed by atoms with van der Waals surface area (Å²) >= 11 is 0. The number of rotatable bonds is 9. The highest BCUT2D eigenvalue weighted by atomic mass is 16.5. The maximum absolute atomic E-state index is 12.0. The molecular formula is C15H27NO4. The molecule has 1 atom stereocenters. The highest BCUT2D eigenvalue weighted by molar-refractivity contribution is 6.03. The zero-order valence-electron chi connectivity index (χ0n) is 13.1. The number of hydrogen-bond acceptors (Lipinski definition) is 4. The van der Waals surface area contributed by atoms with Crippen LogP contribution in [0.3, 0.4) is 0 Å². The van der Waals surface area contributed by atoms with E-state index >= 15 is 0 Å². The summed E-state index contributed by atoms with van der Waals surface area (Å²) in [5.41, 5.74) is 0. The molecule has 1 unspecified atom stereocenters. The van der Waals surface area contributed by atoms with E-state index in [1.54, 1.807) is 0 Å². The molecule has 1 saturated heterocycles. The Bertz CT molecular complexity index is 328. The summed E-state index contributed by atoms with van der Waals surface area (Å²) in [5, 5.41) is 0. The van der Waals surface area contributed by atoms with Crippen molar-refractivity contribution in [2.24, 2.45) is 17.8 Å². The Labute approximate surface area is 121 Å². The molecule has 0 N–H and O–H groups in total. The second-order valence-corrected chi connectivity index (χ2v) is 6.02. The number of ether oxygens (including phenoxy) is 2. The molecule has 1 heterocycles. The van der Waals surface area contributed by atoms with Crippen LogP contribution in [0, 0.1) is 17.8 Å². The van der Waals surface area contributed by atoms with E-state index in [-0.39, 0.29) is 23.7 Å². The van der Waals surface area contributed by atoms with E-state index in [0.717, 1.165) is 6.61 Å². The molecule has 0 aromatic heterocycles. The summed E-state index contributed by atoms with van der Waals surface area (Å²) in [4.78, 5) is 25.1. The summed E-state index contributed by atoms with van der Waals surface area (Å²) in [5.74, 6) is 0.444. The first kappa shape index (κ1) is 17.1. The smallest absolute Gasteiger partial charge is 0.233 e. The van der Waals surface area contributed by atoms with Crippen molar-refractivity contribution in [3.8, 4) is 0 Å². The zero-order valence-corrected chi connectivity index (χ0v) is 13.1. The SMILES string of the molecule is CC(C)COCCOCCN1C(=O)CC(C(C)C)C1=O. The molecule has 1 aliphatic heterocycles. The second-order valence-electron chi connectivity index (χ2n) is 6.02. The fourth-order valence-electron chi connectivity index (χ4n) is 2.16. The molecule has 0 radical (unpaired) electrons. The summed E-state index contributed by atoms with van der Waals surface area (Å²) in [7, 11) is 0. The molecule has 0 aromatic carbocycles. The topological polar surface area (TPSA) is 55.8 Å². The van der Waals surface area contributed by atoms with Crippen LogP contribution in [-0.4, -0.2) is 49.7 Å². The van der Waals surface area contributed by atoms with Gasteiger partial charge in [-0.2, -0.15) is 0 Å². The van der Waals surface area contributed by atoms with Crippen LogP contribution in [0.1, 0.15) is 34.1 Å². The third-order valence-corrected chi connectivity index (χ3v) is 3.37. The lowest BCUT2D eigenvalue weighted by molar-refractivity contribution is -0.140. The average Bonchev–Trinajstić information content (AvgIpc) is 2.64. The van der Waals surface area contributed by atoms with Crippen molar-refractivity contribution in [3.63, 3.8) is 0 Å². The summed E-state index contributed by atoms with van der Waals surface area (Å²) in [6, 6.07) is 0. The number of nitrogens with zero attached hydrogens (tertiary/aromatic N) is 1. The molecule has 0 saturated carbocycles. The van der Waals surface area contributed by atoms with Crippen molar-refractivity contribution in [2.75, 3.05) is 33.0 Å². The molecule has 20 heavy (non-hydrogen) atoms. The van der Waals surface area contributed by atoms with Crippen LogP contribution in [0.4, 0.5) is 0 Å². The minimum absolute atomic E-state index is 0.0512. The van der Waals surface area contributed by atoms with E-state index in [1.165, 1.54) is 4.90 Å². The number of imide groups is 1. The van der Waals surface area contributed by atoms with Gasteiger partial charge in [0.25, 0.3) is 0 Å². The monoisotopic (exact) mass is 285 g/mol. The van der Waals surface area contributed by atoms with Gasteiger partial charge in [-0.15, -0.1) is 0 Å². The van der Waals surface area contributed by atoms with E-state index in [0.29, 0.717) is 38.7 Å². The minimum Gasteiger partial charge on any atom is -0.379 e. The number of carbonyl (C=O) groups excluding carboxylic acids is 2. The van der Waals surface area contributed by atoms with E-state index in [4.69, 9.17) is 9.47 Å². The Morgan fingerprint density at radius 2 is 1.75 bits per heavy atom. The Balaban J connectivity index is 2.16. The Hall–Kier alpha value is -0.940. The molecular weight excluding hydrogens is 258 g/mol. The van der Waals surface area contributed by atoms with Crippen LogP contribution < -0.4 is 0 Å². The predicted molar refractivity (Wildman–Crippen MR) is 76.1 cm³/mol. The Kier molecular flexibility index (Phi) is 7.16. The molecule has 116 valence electrons. The number of hydrogen-bond donors (Lipinski definition) is 0. The number of amides is 2. The first-order valence-electron chi connectivity index (χ1n) is 7.43. The van der Waals surface area contributed by atoms with Gasteiger partial charge in [-0.25, -0.2) is 0 Å². The standard InChI is InChI=1S/C15H27NO4/c1-11(2)10-20-8-7-19-6-5-16-14(17)9-13(12(3)4)15(16)18/h11-13H,5-10H2,1-4H3. The summed E-state index contributed by atoms with van der Waals surface area (Å²) in [6.45, 7) is 10.6. The molecule has 5 heteroatoms. The van der Waals surface area contributed by atoms with Crippen molar-refractivity contribution in [3.05, 3.63) is 0 Å². The summed E-state index contributed by atoms with van der Waals surface area (Å²) in [6.07, 6.45) is 0.341. The largest absolute Gasteiger partial charge is 0.379 e. The van der Waals surface area contributed by atoms with E-state index in [2.05, 4.69) is 13.8 Å². The normalized spacial score (nSPS) is 19.7. The van der Waals surface area contributed by atoms with Crippen molar-refractivity contribution >= 4 is 11.8 Å². The maximum Gasteiger partial charge on any atom is 0.233 e. The van der Waals surface area contributed by atoms with Crippen LogP contribution in [0.5, 0.6) is 0 Å². The van der Waals surface area contributed by atoms with Gasteiger partial charge in [-0.3, -0.25) is 14.5 Å². The molecule has 1 fully saturated rings. The lowest BCUT2D eigenvalue weighted by atomic mass is 9.94. The van der Waals surface area contributed by atoms with Gasteiger partial charge in [-0.1, -0.05) is 27.7 Å². The highest BCUT2D eigenvalue weighted by Crippen LogP contribution is 2.25. The highest BCUT2D eigenvalue weighted by Gasteiger charge is 2.39. The fraction of sp³-hybridized carbons (Fsp3) is 0.867. The van der Waals surface area contributed by atoms with Gasteiger partial charge < -0.3 is 9.47 Å². The Morgan fingerprint density at radius 3 is 2.30 bits per heavy atom. The van der Waals surface area contributed by atoms with E-state index in [9.17, 15) is 9.59 Å².